The third-order valence-electron chi connectivity index (χ3n) is 9.82. The van der Waals surface area contributed by atoms with Crippen LogP contribution in [0.3, 0.4) is 0 Å². The van der Waals surface area contributed by atoms with Gasteiger partial charge in [0, 0.05) is 11.0 Å². The predicted octanol–water partition coefficient (Wildman–Crippen LogP) is 9.15. The van der Waals surface area contributed by atoms with Crippen molar-refractivity contribution in [2.75, 3.05) is 0 Å². The predicted molar refractivity (Wildman–Crippen MR) is 183 cm³/mol. The van der Waals surface area contributed by atoms with Crippen molar-refractivity contribution >= 4 is 48.2 Å². The molecule has 2 atom stereocenters. The third-order valence-corrected chi connectivity index (χ3v) is 34.6. The monoisotopic (exact) mass is 620 g/mol. The van der Waals surface area contributed by atoms with Gasteiger partial charge in [-0.3, -0.25) is 0 Å². The Morgan fingerprint density at radius 1 is 0.737 bits per heavy atom. The summed E-state index contributed by atoms with van der Waals surface area (Å²) in [5.74, 6) is 6.85. The first-order valence-corrected chi connectivity index (χ1v) is 35.8. The maximum Gasteiger partial charge on any atom is 0.332 e. The van der Waals surface area contributed by atoms with Crippen LogP contribution in [0.1, 0.15) is 38.5 Å². The highest BCUT2D eigenvalue weighted by atomic mass is 29.3. The molecule has 0 saturated heterocycles. The first-order chi connectivity index (χ1) is 16.9. The first-order valence-electron chi connectivity index (χ1n) is 15.6. The molecule has 5 aliphatic rings. The van der Waals surface area contributed by atoms with Crippen molar-refractivity contribution in [3.05, 3.63) is 10.4 Å². The zero-order chi connectivity index (χ0) is 29.0. The molecule has 0 spiro atoms. The second-order valence-corrected chi connectivity index (χ2v) is 52.2. The average molecular weight is 621 g/mol. The molecule has 0 aromatic carbocycles. The fraction of sp³-hybridized carbons (Fsp3) is 0.867. The quantitative estimate of drug-likeness (QED) is 0.218. The van der Waals surface area contributed by atoms with E-state index in [2.05, 4.69) is 110 Å². The van der Waals surface area contributed by atoms with Gasteiger partial charge < -0.3 is 8.54 Å². The van der Waals surface area contributed by atoms with Crippen LogP contribution in [0.15, 0.2) is 10.4 Å². The summed E-state index contributed by atoms with van der Waals surface area (Å²) in [6, 6.07) is 0. The van der Waals surface area contributed by atoms with Gasteiger partial charge in [0.1, 0.15) is 15.7 Å². The van der Waals surface area contributed by atoms with E-state index in [1.54, 1.807) is 4.82 Å². The zero-order valence-corrected chi connectivity index (χ0v) is 33.8. The van der Waals surface area contributed by atoms with Gasteiger partial charge in [0.2, 0.25) is 0 Å². The van der Waals surface area contributed by atoms with Crippen LogP contribution in [0.5, 0.6) is 0 Å². The molecule has 4 aliphatic carbocycles. The second kappa shape index (κ2) is 9.26. The molecular formula is C30H60O2Si6. The lowest BCUT2D eigenvalue weighted by atomic mass is 9.47. The van der Waals surface area contributed by atoms with Crippen LogP contribution >= 0.6 is 0 Å². The van der Waals surface area contributed by atoms with Crippen LogP contribution in [-0.4, -0.2) is 53.4 Å². The molecule has 0 unspecified atom stereocenters. The highest BCUT2D eigenvalue weighted by Gasteiger charge is 2.76. The standard InChI is InChI=1S/C30H60O2Si6/c1-33(2,3)17-16-27-28(34(4,5)6)38(37(13,14)15,32-36(10,11)12)31-30(27,35(7,8)9)29-21-24-18-25(22-29)20-26(19-24)23-29/h24-26H,18-23H2,1-15H3/t24?,25?,26?,29?,30-,38-/m0/s1. The van der Waals surface area contributed by atoms with Crippen molar-refractivity contribution in [3.8, 4) is 11.5 Å². The Morgan fingerprint density at radius 2 is 1.18 bits per heavy atom. The van der Waals surface area contributed by atoms with E-state index in [-0.39, 0.29) is 10.6 Å². The molecule has 4 saturated carbocycles. The molecule has 1 aliphatic heterocycles. The molecular weight excluding hydrogens is 561 g/mol. The molecule has 0 radical (unpaired) electrons. The van der Waals surface area contributed by atoms with E-state index in [0.29, 0.717) is 0 Å². The van der Waals surface area contributed by atoms with Gasteiger partial charge in [-0.25, -0.2) is 0 Å². The maximum absolute atomic E-state index is 8.39. The minimum Gasteiger partial charge on any atom is -0.436 e. The van der Waals surface area contributed by atoms with Crippen molar-refractivity contribution in [1.29, 1.82) is 0 Å². The van der Waals surface area contributed by atoms with Crippen molar-refractivity contribution in [3.63, 3.8) is 0 Å². The molecule has 0 amide bonds. The van der Waals surface area contributed by atoms with Crippen molar-refractivity contribution in [2.24, 2.45) is 23.2 Å². The summed E-state index contributed by atoms with van der Waals surface area (Å²) < 4.78 is 16.1. The highest BCUT2D eigenvalue weighted by Crippen LogP contribution is 2.70. The Hall–Kier alpha value is 0.521. The van der Waals surface area contributed by atoms with Crippen LogP contribution in [0.2, 0.25) is 98.2 Å². The molecule has 2 nitrogen and oxygen atoms in total. The van der Waals surface area contributed by atoms with E-state index in [9.17, 15) is 0 Å². The average Bonchev–Trinajstić information content (AvgIpc) is 2.96. The Labute approximate surface area is 242 Å². The van der Waals surface area contributed by atoms with Gasteiger partial charge in [0.25, 0.3) is 0 Å². The van der Waals surface area contributed by atoms with E-state index in [0.717, 1.165) is 17.8 Å². The molecule has 0 aromatic rings. The van der Waals surface area contributed by atoms with Crippen LogP contribution < -0.4 is 0 Å². The van der Waals surface area contributed by atoms with E-state index in [4.69, 9.17) is 8.54 Å². The summed E-state index contributed by atoms with van der Waals surface area (Å²) in [4.78, 5) is 1.72. The molecule has 38 heavy (non-hydrogen) atoms. The summed E-state index contributed by atoms with van der Waals surface area (Å²) >= 11 is 0. The molecule has 5 rings (SSSR count). The van der Waals surface area contributed by atoms with Crippen LogP contribution in [0.4, 0.5) is 0 Å². The van der Waals surface area contributed by atoms with E-state index >= 15 is 0 Å². The summed E-state index contributed by atoms with van der Waals surface area (Å²) in [5, 5.41) is -0.190. The van der Waals surface area contributed by atoms with Gasteiger partial charge in [-0.15, -0.1) is 5.54 Å². The number of rotatable bonds is 6. The minimum atomic E-state index is -2.70. The Bertz CT molecular complexity index is 1020. The minimum absolute atomic E-state index is 0.190. The van der Waals surface area contributed by atoms with Gasteiger partial charge in [-0.2, -0.15) is 0 Å². The van der Waals surface area contributed by atoms with Crippen LogP contribution in [-0.2, 0) is 8.54 Å². The Morgan fingerprint density at radius 3 is 1.50 bits per heavy atom. The van der Waals surface area contributed by atoms with Gasteiger partial charge in [-0.05, 0) is 80.7 Å². The largest absolute Gasteiger partial charge is 0.436 e. The summed E-state index contributed by atoms with van der Waals surface area (Å²) in [7, 11) is -11.8. The lowest BCUT2D eigenvalue weighted by Gasteiger charge is -2.66. The Balaban J connectivity index is 2.17. The summed E-state index contributed by atoms with van der Waals surface area (Å²) in [6.07, 6.45) is 8.56. The van der Waals surface area contributed by atoms with E-state index in [1.165, 1.54) is 44.1 Å². The lowest BCUT2D eigenvalue weighted by Crippen LogP contribution is -2.74. The zero-order valence-electron chi connectivity index (χ0n) is 27.8. The Kier molecular flexibility index (Phi) is 7.66. The molecule has 0 N–H and O–H groups in total. The van der Waals surface area contributed by atoms with Crippen molar-refractivity contribution in [1.82, 2.24) is 0 Å². The number of hydrogen-bond acceptors (Lipinski definition) is 2. The summed E-state index contributed by atoms with van der Waals surface area (Å²) in [5.41, 5.74) is 5.76. The number of hydrogen-bond donors (Lipinski definition) is 0. The fourth-order valence-electron chi connectivity index (χ4n) is 9.35. The molecule has 4 fully saturated rings. The molecule has 8 heteroatoms. The third kappa shape index (κ3) is 5.16. The fourth-order valence-corrected chi connectivity index (χ4v) is 44.4. The topological polar surface area (TPSA) is 18.5 Å². The van der Waals surface area contributed by atoms with Gasteiger partial charge in [0.15, 0.2) is 8.32 Å². The van der Waals surface area contributed by atoms with E-state index < -0.39 is 48.2 Å². The maximum atomic E-state index is 8.39. The summed E-state index contributed by atoms with van der Waals surface area (Å²) in [6.45, 7) is 38.0. The van der Waals surface area contributed by atoms with Crippen LogP contribution in [0.25, 0.3) is 0 Å². The van der Waals surface area contributed by atoms with Crippen LogP contribution in [0, 0.1) is 34.6 Å². The molecule has 4 bridgehead atoms. The van der Waals surface area contributed by atoms with E-state index in [1.807, 2.05) is 0 Å². The molecule has 1 heterocycles. The van der Waals surface area contributed by atoms with Gasteiger partial charge in [0.05, 0.1) is 21.4 Å². The molecule has 216 valence electrons. The smallest absolute Gasteiger partial charge is 0.332 e. The van der Waals surface area contributed by atoms with Crippen molar-refractivity contribution in [2.45, 2.75) is 142 Å². The normalized spacial score (nSPS) is 38.0. The molecule has 0 aromatic heterocycles. The lowest BCUT2D eigenvalue weighted by molar-refractivity contribution is -0.121. The van der Waals surface area contributed by atoms with Crippen molar-refractivity contribution < 1.29 is 8.54 Å². The SMILES string of the molecule is C[Si](C)(C)C#CC1=C([Si](C)(C)C)[Si@](O[Si](C)(C)C)([Si](C)(C)C)O[C@]1(C12CC3CC(CC(C3)C1)C2)[Si](C)(C)C. The second-order valence-electron chi connectivity index (χ2n) is 18.8. The first kappa shape index (κ1) is 31.5. The van der Waals surface area contributed by atoms with Gasteiger partial charge in [-0.1, -0.05) is 84.5 Å². The van der Waals surface area contributed by atoms with Gasteiger partial charge >= 0.3 is 8.08 Å². The highest BCUT2D eigenvalue weighted by molar-refractivity contribution is 7.43.